The molecule has 0 aromatic carbocycles. The normalized spacial score (nSPS) is 37.3. The molecule has 0 spiro atoms. The van der Waals surface area contributed by atoms with Gasteiger partial charge < -0.3 is 4.74 Å². The van der Waals surface area contributed by atoms with Gasteiger partial charge in [0.15, 0.2) is 0 Å². The van der Waals surface area contributed by atoms with Crippen molar-refractivity contribution in [2.24, 2.45) is 23.2 Å². The monoisotopic (exact) mass is 374 g/mol. The number of carbonyl (C=O) groups is 1. The van der Waals surface area contributed by atoms with Crippen LogP contribution in [0.3, 0.4) is 0 Å². The average Bonchev–Trinajstić information content (AvgIpc) is 2.47. The highest BCUT2D eigenvalue weighted by atomic mass is 32.2. The number of alkyl halides is 4. The molecular formula is C14H18F4O5S. The first-order chi connectivity index (χ1) is 11.2. The molecule has 4 bridgehead atoms. The Morgan fingerprint density at radius 2 is 1.58 bits per heavy atom. The van der Waals surface area contributed by atoms with Crippen molar-refractivity contribution >= 4 is 18.0 Å². The first-order valence-electron chi connectivity index (χ1n) is 7.76. The maximum absolute atomic E-state index is 14.1. The molecule has 24 heavy (non-hydrogen) atoms. The topological polar surface area (TPSA) is 65.0 Å². The van der Waals surface area contributed by atoms with Crippen molar-refractivity contribution < 1.29 is 41.7 Å². The van der Waals surface area contributed by atoms with Crippen LogP contribution in [-0.4, -0.2) is 29.0 Å². The molecule has 4 aliphatic rings. The van der Waals surface area contributed by atoms with Crippen LogP contribution in [-0.2, 0) is 18.9 Å². The highest BCUT2D eigenvalue weighted by Crippen LogP contribution is 2.60. The molecule has 0 aliphatic heterocycles. The summed E-state index contributed by atoms with van der Waals surface area (Å²) in [6, 6.07) is 0. The number of ether oxygens (including phenoxy) is 1. The van der Waals surface area contributed by atoms with Crippen LogP contribution >= 0.6 is 12.0 Å². The second kappa shape index (κ2) is 6.30. The molecule has 0 radical (unpaired) electrons. The Balaban J connectivity index is 1.65. The van der Waals surface area contributed by atoms with Crippen LogP contribution in [0.4, 0.5) is 17.6 Å². The van der Waals surface area contributed by atoms with Crippen LogP contribution in [0.1, 0.15) is 38.5 Å². The van der Waals surface area contributed by atoms with Crippen molar-refractivity contribution in [3.63, 3.8) is 0 Å². The van der Waals surface area contributed by atoms with Crippen molar-refractivity contribution in [2.75, 3.05) is 6.61 Å². The molecule has 5 nitrogen and oxygen atoms in total. The number of hydrogen-bond acceptors (Lipinski definition) is 6. The van der Waals surface area contributed by atoms with E-state index >= 15 is 0 Å². The lowest BCUT2D eigenvalue weighted by molar-refractivity contribution is -0.433. The van der Waals surface area contributed by atoms with E-state index in [9.17, 15) is 22.4 Å². The highest BCUT2D eigenvalue weighted by molar-refractivity contribution is 7.96. The molecule has 0 amide bonds. The van der Waals surface area contributed by atoms with Crippen LogP contribution in [0, 0.1) is 23.2 Å². The van der Waals surface area contributed by atoms with E-state index in [1.807, 2.05) is 0 Å². The Kier molecular flexibility index (Phi) is 4.78. The van der Waals surface area contributed by atoms with Gasteiger partial charge in [-0.05, 0) is 56.3 Å². The molecule has 10 heteroatoms. The molecule has 4 saturated carbocycles. The predicted molar refractivity (Wildman–Crippen MR) is 73.8 cm³/mol. The molecule has 1 atom stereocenters. The largest absolute Gasteiger partial charge is 0.462 e. The van der Waals surface area contributed by atoms with Gasteiger partial charge in [-0.3, -0.25) is 0 Å². The van der Waals surface area contributed by atoms with Crippen molar-refractivity contribution in [2.45, 2.75) is 49.7 Å². The fourth-order valence-corrected chi connectivity index (χ4v) is 5.38. The smallest absolute Gasteiger partial charge is 0.446 e. The van der Waals surface area contributed by atoms with Crippen molar-refractivity contribution in [1.29, 1.82) is 0 Å². The van der Waals surface area contributed by atoms with E-state index in [4.69, 9.17) is 9.99 Å². The summed E-state index contributed by atoms with van der Waals surface area (Å²) >= 11 is -0.983. The number of halogens is 4. The zero-order valence-electron chi connectivity index (χ0n) is 12.7. The molecule has 0 saturated heterocycles. The molecule has 0 aromatic heterocycles. The molecule has 4 fully saturated rings. The van der Waals surface area contributed by atoms with E-state index in [-0.39, 0.29) is 12.0 Å². The van der Waals surface area contributed by atoms with Gasteiger partial charge >= 0.3 is 17.1 Å². The van der Waals surface area contributed by atoms with E-state index in [2.05, 4.69) is 9.37 Å². The van der Waals surface area contributed by atoms with Gasteiger partial charge in [0, 0.05) is 5.41 Å². The van der Waals surface area contributed by atoms with Crippen molar-refractivity contribution in [3.8, 4) is 0 Å². The summed E-state index contributed by atoms with van der Waals surface area (Å²) in [5.74, 6) is -0.526. The zero-order valence-corrected chi connectivity index (χ0v) is 13.5. The molecule has 138 valence electrons. The van der Waals surface area contributed by atoms with Crippen molar-refractivity contribution in [3.05, 3.63) is 0 Å². The predicted octanol–water partition coefficient (Wildman–Crippen LogP) is 4.04. The lowest BCUT2D eigenvalue weighted by Gasteiger charge is -2.56. The first kappa shape index (κ1) is 18.2. The van der Waals surface area contributed by atoms with E-state index in [1.54, 1.807) is 0 Å². The third-order valence-corrected chi connectivity index (χ3v) is 6.24. The summed E-state index contributed by atoms with van der Waals surface area (Å²) in [6.07, 6.45) is 0.221. The van der Waals surface area contributed by atoms with Crippen molar-refractivity contribution in [1.82, 2.24) is 0 Å². The summed E-state index contributed by atoms with van der Waals surface area (Å²) in [7, 11) is 0. The van der Waals surface area contributed by atoms with Gasteiger partial charge in [-0.1, -0.05) is 5.04 Å². The lowest BCUT2D eigenvalue weighted by atomic mass is 9.50. The van der Waals surface area contributed by atoms with Crippen LogP contribution in [0.25, 0.3) is 0 Å². The van der Waals surface area contributed by atoms with E-state index in [1.165, 1.54) is 0 Å². The second-order valence-corrected chi connectivity index (χ2v) is 8.18. The van der Waals surface area contributed by atoms with Crippen LogP contribution < -0.4 is 0 Å². The van der Waals surface area contributed by atoms with Crippen LogP contribution in [0.5, 0.6) is 0 Å². The zero-order chi connectivity index (χ0) is 17.6. The van der Waals surface area contributed by atoms with Gasteiger partial charge in [0.1, 0.15) is 0 Å². The van der Waals surface area contributed by atoms with E-state index in [0.29, 0.717) is 17.8 Å². The molecule has 0 aromatic rings. The third-order valence-electron chi connectivity index (χ3n) is 5.48. The van der Waals surface area contributed by atoms with Crippen LogP contribution in [0.2, 0.25) is 0 Å². The number of esters is 1. The molecule has 0 heterocycles. The van der Waals surface area contributed by atoms with Crippen LogP contribution in [0.15, 0.2) is 0 Å². The maximum atomic E-state index is 14.1. The fourth-order valence-electron chi connectivity index (χ4n) is 5.04. The number of rotatable bonds is 6. The highest BCUT2D eigenvalue weighted by Gasteiger charge is 2.66. The summed E-state index contributed by atoms with van der Waals surface area (Å²) in [5.41, 5.74) is -0.337. The molecule has 4 rings (SSSR count). The Morgan fingerprint density at radius 3 is 2.00 bits per heavy atom. The quantitative estimate of drug-likeness (QED) is 0.249. The third kappa shape index (κ3) is 3.25. The van der Waals surface area contributed by atoms with E-state index in [0.717, 1.165) is 38.5 Å². The Labute approximate surface area is 140 Å². The minimum absolute atomic E-state index is 0.225. The van der Waals surface area contributed by atoms with Gasteiger partial charge in [0.25, 0.3) is 0 Å². The fraction of sp³-hybridized carbons (Fsp3) is 0.929. The minimum Gasteiger partial charge on any atom is -0.462 e. The number of carbonyl (C=O) groups excluding carboxylic acids is 1. The molecule has 1 unspecified atom stereocenters. The molecule has 1 N–H and O–H groups in total. The molecular weight excluding hydrogens is 356 g/mol. The average molecular weight is 374 g/mol. The van der Waals surface area contributed by atoms with Gasteiger partial charge in [-0.15, -0.1) is 4.33 Å². The first-order valence-corrected chi connectivity index (χ1v) is 8.50. The summed E-state index contributed by atoms with van der Waals surface area (Å²) < 4.78 is 60.9. The summed E-state index contributed by atoms with van der Waals surface area (Å²) in [6.45, 7) is -0.225. The standard InChI is InChI=1S/C14H18F4O5S/c15-13(14(16,17)18,24-23-22-20)11(19)21-7-12-4-8-1-9(5-12)3-10(2-8)6-12/h8-10,20H,1-7H2. The second-order valence-electron chi connectivity index (χ2n) is 7.31. The van der Waals surface area contributed by atoms with Gasteiger partial charge in [-0.2, -0.15) is 13.2 Å². The number of hydrogen-bond donors (Lipinski definition) is 1. The van der Waals surface area contributed by atoms with Gasteiger partial charge in [0.2, 0.25) is 0 Å². The van der Waals surface area contributed by atoms with E-state index < -0.39 is 29.2 Å². The maximum Gasteiger partial charge on any atom is 0.446 e. The van der Waals surface area contributed by atoms with Gasteiger partial charge in [-0.25, -0.2) is 14.4 Å². The Hall–Kier alpha value is -0.580. The van der Waals surface area contributed by atoms with Gasteiger partial charge in [0.05, 0.1) is 18.6 Å². The lowest BCUT2D eigenvalue weighted by Crippen LogP contribution is -2.51. The SMILES string of the molecule is O=C(OCC12CC3CC(CC(C3)C1)C2)C(F)(SOOO)C(F)(F)F. The Morgan fingerprint density at radius 1 is 1.08 bits per heavy atom. The summed E-state index contributed by atoms with van der Waals surface area (Å²) in [5, 5.41) is 6.45. The summed E-state index contributed by atoms with van der Waals surface area (Å²) in [4.78, 5) is 11.8. The molecule has 4 aliphatic carbocycles. The minimum atomic E-state index is -5.57. The Bertz CT molecular complexity index is 465.